The minimum Gasteiger partial charge on any atom is -0.463 e. The molecule has 3 rings (SSSR count). The maximum Gasteiger partial charge on any atom is 0.330 e. The van der Waals surface area contributed by atoms with Crippen molar-refractivity contribution >= 4 is 12.0 Å². The van der Waals surface area contributed by atoms with Gasteiger partial charge in [-0.15, -0.1) is 0 Å². The number of benzene rings is 2. The highest BCUT2D eigenvalue weighted by molar-refractivity contribution is 5.87. The first-order valence-electron chi connectivity index (χ1n) is 10.2. The number of hydrogen-bond donors (Lipinski definition) is 0. The van der Waals surface area contributed by atoms with Gasteiger partial charge in [0.2, 0.25) is 0 Å². The molecule has 0 bridgehead atoms. The average molecular weight is 377 g/mol. The van der Waals surface area contributed by atoms with Crippen molar-refractivity contribution in [3.63, 3.8) is 0 Å². The van der Waals surface area contributed by atoms with E-state index in [4.69, 9.17) is 4.74 Å². The molecule has 2 nitrogen and oxygen atoms in total. The van der Waals surface area contributed by atoms with Gasteiger partial charge in [-0.1, -0.05) is 58.0 Å². The average Bonchev–Trinajstić information content (AvgIpc) is 2.64. The fourth-order valence-electron chi connectivity index (χ4n) is 4.20. The lowest BCUT2D eigenvalue weighted by Gasteiger charge is -2.42. The third kappa shape index (κ3) is 4.06. The Hall–Kier alpha value is -2.35. The number of hydrogen-bond acceptors (Lipinski definition) is 2. The van der Waals surface area contributed by atoms with Crippen molar-refractivity contribution in [2.75, 3.05) is 6.61 Å². The van der Waals surface area contributed by atoms with Crippen molar-refractivity contribution in [3.05, 3.63) is 64.7 Å². The van der Waals surface area contributed by atoms with E-state index in [0.717, 1.165) is 5.56 Å². The molecule has 0 fully saturated rings. The van der Waals surface area contributed by atoms with Gasteiger partial charge < -0.3 is 4.74 Å². The highest BCUT2D eigenvalue weighted by Gasteiger charge is 2.37. The van der Waals surface area contributed by atoms with Crippen LogP contribution in [0, 0.1) is 6.92 Å². The Morgan fingerprint density at radius 1 is 1.04 bits per heavy atom. The van der Waals surface area contributed by atoms with Crippen LogP contribution in [0.25, 0.3) is 17.2 Å². The van der Waals surface area contributed by atoms with Crippen LogP contribution in [0.1, 0.15) is 69.7 Å². The Kier molecular flexibility index (Phi) is 5.52. The summed E-state index contributed by atoms with van der Waals surface area (Å²) in [5, 5.41) is 0. The molecular weight excluding hydrogens is 344 g/mol. The maximum atomic E-state index is 11.6. The molecule has 0 amide bonds. The molecular formula is C26H32O2. The number of rotatable bonds is 4. The van der Waals surface area contributed by atoms with E-state index in [9.17, 15) is 4.79 Å². The first-order chi connectivity index (χ1) is 13.1. The fraction of sp³-hybridized carbons (Fsp3) is 0.423. The summed E-state index contributed by atoms with van der Waals surface area (Å²) in [5.74, 6) is -0.304. The summed E-state index contributed by atoms with van der Waals surface area (Å²) in [6.45, 7) is 13.9. The van der Waals surface area contributed by atoms with Crippen LogP contribution < -0.4 is 0 Å². The quantitative estimate of drug-likeness (QED) is 0.444. The Morgan fingerprint density at radius 2 is 1.68 bits per heavy atom. The molecule has 0 saturated heterocycles. The number of carbonyl (C=O) groups excluding carboxylic acids is 1. The van der Waals surface area contributed by atoms with Gasteiger partial charge in [0.15, 0.2) is 0 Å². The van der Waals surface area contributed by atoms with E-state index in [1.807, 2.05) is 25.1 Å². The van der Waals surface area contributed by atoms with Crippen LogP contribution in [0.2, 0.25) is 0 Å². The number of carbonyl (C=O) groups is 1. The zero-order valence-corrected chi connectivity index (χ0v) is 18.1. The van der Waals surface area contributed by atoms with Crippen molar-refractivity contribution in [1.82, 2.24) is 0 Å². The Morgan fingerprint density at radius 3 is 2.32 bits per heavy atom. The number of aryl methyl sites for hydroxylation is 1. The second kappa shape index (κ2) is 7.58. The van der Waals surface area contributed by atoms with Gasteiger partial charge in [-0.25, -0.2) is 4.79 Å². The van der Waals surface area contributed by atoms with Gasteiger partial charge in [-0.3, -0.25) is 0 Å². The van der Waals surface area contributed by atoms with E-state index in [2.05, 4.69) is 58.9 Å². The van der Waals surface area contributed by atoms with Crippen LogP contribution in [0.5, 0.6) is 0 Å². The molecule has 28 heavy (non-hydrogen) atoms. The van der Waals surface area contributed by atoms with Gasteiger partial charge in [0.1, 0.15) is 0 Å². The van der Waals surface area contributed by atoms with Gasteiger partial charge in [0.05, 0.1) is 6.61 Å². The maximum absolute atomic E-state index is 11.6. The lowest BCUT2D eigenvalue weighted by Crippen LogP contribution is -2.34. The SMILES string of the molecule is CCOC(=O)C=Cc1cccc(-c2cc3c(cc2C)C(C)(C)CCC3(C)C)c1. The molecule has 1 aliphatic rings. The normalized spacial score (nSPS) is 17.4. The summed E-state index contributed by atoms with van der Waals surface area (Å²) < 4.78 is 4.98. The van der Waals surface area contributed by atoms with Crippen LogP contribution >= 0.6 is 0 Å². The summed E-state index contributed by atoms with van der Waals surface area (Å²) in [7, 11) is 0. The third-order valence-corrected chi connectivity index (χ3v) is 6.09. The lowest BCUT2D eigenvalue weighted by molar-refractivity contribution is -0.137. The molecule has 148 valence electrons. The van der Waals surface area contributed by atoms with E-state index in [0.29, 0.717) is 6.61 Å². The topological polar surface area (TPSA) is 26.3 Å². The van der Waals surface area contributed by atoms with Gasteiger partial charge in [0, 0.05) is 6.08 Å². The van der Waals surface area contributed by atoms with Crippen molar-refractivity contribution in [1.29, 1.82) is 0 Å². The summed E-state index contributed by atoms with van der Waals surface area (Å²) in [4.78, 5) is 11.6. The molecule has 0 spiro atoms. The number of fused-ring (bicyclic) bond motifs is 1. The second-order valence-electron chi connectivity index (χ2n) is 9.19. The first-order valence-corrected chi connectivity index (χ1v) is 10.2. The van der Waals surface area contributed by atoms with Crippen molar-refractivity contribution in [2.45, 2.75) is 65.2 Å². The molecule has 0 N–H and O–H groups in total. The predicted molar refractivity (Wildman–Crippen MR) is 118 cm³/mol. The third-order valence-electron chi connectivity index (χ3n) is 6.09. The minimum atomic E-state index is -0.304. The molecule has 1 aliphatic carbocycles. The molecule has 2 aromatic rings. The van der Waals surface area contributed by atoms with Crippen molar-refractivity contribution in [3.8, 4) is 11.1 Å². The highest BCUT2D eigenvalue weighted by atomic mass is 16.5. The molecule has 0 heterocycles. The van der Waals surface area contributed by atoms with Gasteiger partial charge in [-0.05, 0) is 83.0 Å². The zero-order chi connectivity index (χ0) is 20.5. The smallest absolute Gasteiger partial charge is 0.330 e. The van der Waals surface area contributed by atoms with Crippen LogP contribution in [0.3, 0.4) is 0 Å². The van der Waals surface area contributed by atoms with Crippen LogP contribution in [-0.4, -0.2) is 12.6 Å². The summed E-state index contributed by atoms with van der Waals surface area (Å²) in [6, 6.07) is 13.2. The lowest BCUT2D eigenvalue weighted by atomic mass is 9.62. The fourth-order valence-corrected chi connectivity index (χ4v) is 4.20. The van der Waals surface area contributed by atoms with E-state index in [1.54, 1.807) is 0 Å². The highest BCUT2D eigenvalue weighted by Crippen LogP contribution is 2.47. The van der Waals surface area contributed by atoms with E-state index in [1.165, 1.54) is 46.7 Å². The number of esters is 1. The van der Waals surface area contributed by atoms with Crippen LogP contribution in [0.4, 0.5) is 0 Å². The standard InChI is InChI=1S/C26H32O2/c1-7-28-24(27)12-11-19-9-8-10-20(16-19)21-17-23-22(15-18(21)2)25(3,4)13-14-26(23,5)6/h8-12,15-17H,7,13-14H2,1-6H3. The minimum absolute atomic E-state index is 0.189. The molecule has 0 unspecified atom stereocenters. The van der Waals surface area contributed by atoms with E-state index >= 15 is 0 Å². The summed E-state index contributed by atoms with van der Waals surface area (Å²) >= 11 is 0. The molecule has 2 aromatic carbocycles. The van der Waals surface area contributed by atoms with Crippen molar-refractivity contribution < 1.29 is 9.53 Å². The first kappa shape index (κ1) is 20.4. The number of ether oxygens (including phenoxy) is 1. The largest absolute Gasteiger partial charge is 0.463 e. The Labute approximate surface area is 169 Å². The van der Waals surface area contributed by atoms with E-state index in [-0.39, 0.29) is 16.8 Å². The molecule has 0 aliphatic heterocycles. The molecule has 0 atom stereocenters. The van der Waals surface area contributed by atoms with Gasteiger partial charge >= 0.3 is 5.97 Å². The van der Waals surface area contributed by atoms with Gasteiger partial charge in [-0.2, -0.15) is 0 Å². The Bertz CT molecular complexity index is 916. The molecule has 2 heteroatoms. The monoisotopic (exact) mass is 376 g/mol. The summed E-state index contributed by atoms with van der Waals surface area (Å²) in [6.07, 6.45) is 5.74. The molecule has 0 saturated carbocycles. The molecule has 0 radical (unpaired) electrons. The van der Waals surface area contributed by atoms with E-state index < -0.39 is 0 Å². The predicted octanol–water partition coefficient (Wildman–Crippen LogP) is 6.59. The summed E-state index contributed by atoms with van der Waals surface area (Å²) in [5.41, 5.74) is 8.13. The Balaban J connectivity index is 2.03. The van der Waals surface area contributed by atoms with Crippen LogP contribution in [0.15, 0.2) is 42.5 Å². The van der Waals surface area contributed by atoms with Crippen LogP contribution in [-0.2, 0) is 20.4 Å². The van der Waals surface area contributed by atoms with Crippen molar-refractivity contribution in [2.24, 2.45) is 0 Å². The molecule has 0 aromatic heterocycles. The van der Waals surface area contributed by atoms with Gasteiger partial charge in [0.25, 0.3) is 0 Å². The zero-order valence-electron chi connectivity index (χ0n) is 18.1. The second-order valence-corrected chi connectivity index (χ2v) is 9.19.